The first kappa shape index (κ1) is 22.6. The molecule has 10 heteroatoms. The number of halogens is 1. The Kier molecular flexibility index (Phi) is 6.79. The van der Waals surface area contributed by atoms with Crippen molar-refractivity contribution < 1.29 is 9.59 Å². The molecule has 0 unspecified atom stereocenters. The Morgan fingerprint density at radius 3 is 2.45 bits per heavy atom. The molecule has 3 aromatic rings. The van der Waals surface area contributed by atoms with Gasteiger partial charge in [-0.05, 0) is 36.8 Å². The van der Waals surface area contributed by atoms with Gasteiger partial charge in [0.2, 0.25) is 5.91 Å². The maximum absolute atomic E-state index is 12.8. The maximum atomic E-state index is 12.8. The van der Waals surface area contributed by atoms with Crippen LogP contribution in [0.4, 0.5) is 10.5 Å². The molecule has 0 saturated carbocycles. The Balaban J connectivity index is 1.35. The van der Waals surface area contributed by atoms with Crippen molar-refractivity contribution in [1.29, 1.82) is 0 Å². The van der Waals surface area contributed by atoms with Crippen molar-refractivity contribution in [2.75, 3.05) is 31.5 Å². The van der Waals surface area contributed by atoms with E-state index in [0.29, 0.717) is 54.1 Å². The summed E-state index contributed by atoms with van der Waals surface area (Å²) in [4.78, 5) is 53.6. The quantitative estimate of drug-likeness (QED) is 0.612. The van der Waals surface area contributed by atoms with Crippen molar-refractivity contribution in [3.05, 3.63) is 74.3 Å². The highest BCUT2D eigenvalue weighted by Gasteiger charge is 2.22. The van der Waals surface area contributed by atoms with Gasteiger partial charge in [0.05, 0.1) is 17.3 Å². The van der Waals surface area contributed by atoms with Gasteiger partial charge in [-0.3, -0.25) is 19.5 Å². The van der Waals surface area contributed by atoms with Crippen LogP contribution in [-0.2, 0) is 11.3 Å². The van der Waals surface area contributed by atoms with E-state index in [4.69, 9.17) is 11.6 Å². The second-order valence-corrected chi connectivity index (χ2v) is 8.29. The molecule has 4 rings (SSSR count). The third-order valence-corrected chi connectivity index (χ3v) is 5.88. The summed E-state index contributed by atoms with van der Waals surface area (Å²) in [6.07, 6.45) is 0.713. The fourth-order valence-corrected chi connectivity index (χ4v) is 4.10. The molecule has 0 radical (unpaired) electrons. The summed E-state index contributed by atoms with van der Waals surface area (Å²) in [6, 6.07) is 13.3. The fourth-order valence-electron chi connectivity index (χ4n) is 3.91. The highest BCUT2D eigenvalue weighted by molar-refractivity contribution is 6.30. The average Bonchev–Trinajstić information content (AvgIpc) is 3.07. The minimum absolute atomic E-state index is 0.0723. The molecule has 0 bridgehead atoms. The number of H-pyrrole nitrogens is 1. The normalized spacial score (nSPS) is 14.2. The van der Waals surface area contributed by atoms with Crippen LogP contribution in [0.5, 0.6) is 0 Å². The number of hydrogen-bond acceptors (Lipinski definition) is 4. The number of carbonyl (C=O) groups excluding carboxylic acids is 2. The molecule has 172 valence electrons. The largest absolute Gasteiger partial charge is 0.341 e. The number of carbonyl (C=O) groups is 2. The minimum atomic E-state index is -0.367. The molecule has 9 nitrogen and oxygen atoms in total. The van der Waals surface area contributed by atoms with Crippen LogP contribution in [0.25, 0.3) is 10.8 Å². The van der Waals surface area contributed by atoms with Crippen molar-refractivity contribution in [2.45, 2.75) is 19.4 Å². The highest BCUT2D eigenvalue weighted by atomic mass is 35.5. The number of nitrogens with zero attached hydrogens (tertiary/aromatic N) is 3. The van der Waals surface area contributed by atoms with Crippen LogP contribution in [0, 0.1) is 0 Å². The summed E-state index contributed by atoms with van der Waals surface area (Å²) in [6.45, 7) is 1.90. The fraction of sp³-hybridized carbons (Fsp3) is 0.304. The summed E-state index contributed by atoms with van der Waals surface area (Å²) >= 11 is 5.97. The molecule has 1 aliphatic rings. The molecule has 1 aromatic heterocycles. The topological polar surface area (TPSA) is 108 Å². The molecule has 0 atom stereocenters. The van der Waals surface area contributed by atoms with E-state index in [9.17, 15) is 19.2 Å². The molecule has 2 heterocycles. The van der Waals surface area contributed by atoms with Crippen LogP contribution in [0.1, 0.15) is 12.8 Å². The molecule has 1 fully saturated rings. The lowest BCUT2D eigenvalue weighted by Crippen LogP contribution is -2.39. The third-order valence-electron chi connectivity index (χ3n) is 5.64. The Bertz CT molecular complexity index is 1300. The molecule has 2 aromatic carbocycles. The second-order valence-electron chi connectivity index (χ2n) is 7.86. The van der Waals surface area contributed by atoms with Crippen LogP contribution in [-0.4, -0.2) is 57.7 Å². The van der Waals surface area contributed by atoms with Crippen molar-refractivity contribution in [1.82, 2.24) is 19.6 Å². The van der Waals surface area contributed by atoms with Gasteiger partial charge < -0.3 is 15.1 Å². The third kappa shape index (κ3) is 5.25. The summed E-state index contributed by atoms with van der Waals surface area (Å²) in [5.74, 6) is -0.131. The molecular formula is C23H24ClN5O4. The summed E-state index contributed by atoms with van der Waals surface area (Å²) in [7, 11) is 0. The number of hydrogen-bond donors (Lipinski definition) is 2. The average molecular weight is 470 g/mol. The Morgan fingerprint density at radius 1 is 0.939 bits per heavy atom. The summed E-state index contributed by atoms with van der Waals surface area (Å²) in [5.41, 5.74) is -0.0917. The first-order chi connectivity index (χ1) is 15.9. The monoisotopic (exact) mass is 469 g/mol. The number of anilines is 1. The van der Waals surface area contributed by atoms with Crippen molar-refractivity contribution >= 4 is 40.0 Å². The van der Waals surface area contributed by atoms with Gasteiger partial charge >= 0.3 is 6.03 Å². The van der Waals surface area contributed by atoms with Gasteiger partial charge in [0.25, 0.3) is 11.1 Å². The lowest BCUT2D eigenvalue weighted by molar-refractivity contribution is -0.131. The predicted molar refractivity (Wildman–Crippen MR) is 127 cm³/mol. The van der Waals surface area contributed by atoms with Crippen molar-refractivity contribution in [3.63, 3.8) is 0 Å². The number of aromatic nitrogens is 2. The molecule has 3 amide bonds. The molecule has 0 aliphatic carbocycles. The van der Waals surface area contributed by atoms with Crippen LogP contribution in [0.15, 0.2) is 58.1 Å². The van der Waals surface area contributed by atoms with Gasteiger partial charge in [-0.15, -0.1) is 0 Å². The number of urea groups is 1. The van der Waals surface area contributed by atoms with Gasteiger partial charge in [0.1, 0.15) is 0 Å². The number of benzene rings is 2. The molecule has 2 N–H and O–H groups in total. The Morgan fingerprint density at radius 2 is 1.67 bits per heavy atom. The van der Waals surface area contributed by atoms with Gasteiger partial charge in [-0.1, -0.05) is 29.8 Å². The number of aromatic amines is 1. The highest BCUT2D eigenvalue weighted by Crippen LogP contribution is 2.16. The van der Waals surface area contributed by atoms with Crippen LogP contribution in [0.2, 0.25) is 5.02 Å². The van der Waals surface area contributed by atoms with E-state index in [1.165, 1.54) is 4.68 Å². The Labute approximate surface area is 194 Å². The van der Waals surface area contributed by atoms with Crippen molar-refractivity contribution in [3.8, 4) is 0 Å². The lowest BCUT2D eigenvalue weighted by atomic mass is 10.2. The van der Waals surface area contributed by atoms with E-state index < -0.39 is 0 Å². The Hall–Kier alpha value is -3.59. The maximum Gasteiger partial charge on any atom is 0.321 e. The zero-order valence-corrected chi connectivity index (χ0v) is 18.7. The van der Waals surface area contributed by atoms with Crippen LogP contribution >= 0.6 is 11.6 Å². The van der Waals surface area contributed by atoms with E-state index in [0.717, 1.165) is 0 Å². The summed E-state index contributed by atoms with van der Waals surface area (Å²) in [5, 5.41) is 6.56. The van der Waals surface area contributed by atoms with Crippen LogP contribution < -0.4 is 16.4 Å². The van der Waals surface area contributed by atoms with E-state index >= 15 is 0 Å². The number of fused-ring (bicyclic) bond motifs is 1. The van der Waals surface area contributed by atoms with Gasteiger partial charge in [-0.25, -0.2) is 9.48 Å². The molecule has 1 saturated heterocycles. The zero-order valence-electron chi connectivity index (χ0n) is 17.9. The van der Waals surface area contributed by atoms with Gasteiger partial charge in [0.15, 0.2) is 0 Å². The smallest absolute Gasteiger partial charge is 0.321 e. The number of nitrogens with one attached hydrogen (secondary N) is 2. The zero-order chi connectivity index (χ0) is 23.4. The second kappa shape index (κ2) is 9.91. The van der Waals surface area contributed by atoms with E-state index in [1.54, 1.807) is 58.3 Å². The van der Waals surface area contributed by atoms with Gasteiger partial charge in [0, 0.05) is 43.3 Å². The molecule has 0 spiro atoms. The van der Waals surface area contributed by atoms with Crippen molar-refractivity contribution in [2.24, 2.45) is 0 Å². The van der Waals surface area contributed by atoms with E-state index in [1.807, 2.05) is 0 Å². The summed E-state index contributed by atoms with van der Waals surface area (Å²) < 4.78 is 1.19. The molecule has 33 heavy (non-hydrogen) atoms. The number of rotatable bonds is 4. The minimum Gasteiger partial charge on any atom is -0.341 e. The number of aryl methyl sites for hydroxylation is 1. The van der Waals surface area contributed by atoms with E-state index in [2.05, 4.69) is 10.4 Å². The van der Waals surface area contributed by atoms with Crippen LogP contribution in [0.3, 0.4) is 0 Å². The number of amides is 3. The molecular weight excluding hydrogens is 446 g/mol. The molecule has 1 aliphatic heterocycles. The first-order valence-electron chi connectivity index (χ1n) is 10.7. The predicted octanol–water partition coefficient (Wildman–Crippen LogP) is 2.50. The van der Waals surface area contributed by atoms with Gasteiger partial charge in [-0.2, -0.15) is 0 Å². The SMILES string of the molecule is O=C(CCn1[nH]c(=O)c2ccccc2c1=O)N1CCCN(C(=O)Nc2cccc(Cl)c2)CC1. The first-order valence-corrected chi connectivity index (χ1v) is 11.1. The lowest BCUT2D eigenvalue weighted by Gasteiger charge is -2.22. The standard InChI is InChI=1S/C23H24ClN5O4/c24-16-5-3-6-17(15-16)25-23(33)28-11-4-10-27(13-14-28)20(30)9-12-29-22(32)19-8-2-1-7-18(19)21(31)26-29/h1-3,5-8,15H,4,9-14H2,(H,25,33)(H,26,31). The van der Waals surface area contributed by atoms with E-state index in [-0.39, 0.29) is 36.0 Å².